The molecule has 130 valence electrons. The Hall–Kier alpha value is -2.58. The van der Waals surface area contributed by atoms with Gasteiger partial charge in [0.25, 0.3) is 0 Å². The summed E-state index contributed by atoms with van der Waals surface area (Å²) in [5, 5.41) is 11.3. The molecular weight excluding hydrogens is 318 g/mol. The van der Waals surface area contributed by atoms with Gasteiger partial charge in [-0.2, -0.15) is 10.2 Å². The van der Waals surface area contributed by atoms with Crippen LogP contribution in [0.1, 0.15) is 24.0 Å². The van der Waals surface area contributed by atoms with Crippen molar-refractivity contribution in [2.24, 2.45) is 0 Å². The van der Waals surface area contributed by atoms with Crippen molar-refractivity contribution in [3.8, 4) is 5.69 Å². The zero-order valence-electron chi connectivity index (χ0n) is 14.1. The van der Waals surface area contributed by atoms with Crippen molar-refractivity contribution < 1.29 is 4.74 Å². The number of likely N-dealkylation sites (N-methyl/N-ethyl adjacent to an activating group) is 1. The van der Waals surface area contributed by atoms with Crippen LogP contribution in [0.15, 0.2) is 43.0 Å². The number of hydrogen-bond acceptors (Lipinski definition) is 6. The zero-order valence-corrected chi connectivity index (χ0v) is 14.1. The molecule has 1 fully saturated rings. The average molecular weight is 339 g/mol. The number of nitrogens with zero attached hydrogens (tertiary/aromatic N) is 6. The van der Waals surface area contributed by atoms with E-state index in [1.807, 2.05) is 35.0 Å². The molecule has 3 aromatic rings. The van der Waals surface area contributed by atoms with E-state index >= 15 is 0 Å². The zero-order chi connectivity index (χ0) is 17.1. The highest BCUT2D eigenvalue weighted by atomic mass is 16.5. The first-order chi connectivity index (χ1) is 12.3. The Morgan fingerprint density at radius 2 is 2.12 bits per heavy atom. The van der Waals surface area contributed by atoms with E-state index < -0.39 is 0 Å². The van der Waals surface area contributed by atoms with Gasteiger partial charge in [0.1, 0.15) is 24.3 Å². The number of para-hydroxylation sites is 1. The third kappa shape index (κ3) is 3.45. The maximum absolute atomic E-state index is 5.92. The van der Waals surface area contributed by atoms with Crippen LogP contribution in [0.5, 0.6) is 0 Å². The molecule has 25 heavy (non-hydrogen) atoms. The predicted octanol–water partition coefficient (Wildman–Crippen LogP) is 1.39. The molecule has 0 unspecified atom stereocenters. The lowest BCUT2D eigenvalue weighted by molar-refractivity contribution is 0.0703. The van der Waals surface area contributed by atoms with E-state index in [0.717, 1.165) is 36.9 Å². The van der Waals surface area contributed by atoms with Crippen molar-refractivity contribution in [3.05, 3.63) is 54.6 Å². The van der Waals surface area contributed by atoms with Gasteiger partial charge in [-0.3, -0.25) is 10.00 Å². The second-order valence-electron chi connectivity index (χ2n) is 6.30. The maximum atomic E-state index is 5.92. The normalized spacial score (nSPS) is 20.4. The summed E-state index contributed by atoms with van der Waals surface area (Å²) in [6, 6.07) is 10.0. The van der Waals surface area contributed by atoms with Crippen LogP contribution < -0.4 is 0 Å². The van der Waals surface area contributed by atoms with Crippen LogP contribution in [0.2, 0.25) is 0 Å². The van der Waals surface area contributed by atoms with Gasteiger partial charge in [-0.05, 0) is 25.6 Å². The Morgan fingerprint density at radius 1 is 1.24 bits per heavy atom. The highest BCUT2D eigenvalue weighted by Gasteiger charge is 2.32. The molecule has 1 N–H and O–H groups in total. The molecular formula is C17H21N7O. The Morgan fingerprint density at radius 3 is 2.92 bits per heavy atom. The molecule has 2 aromatic heterocycles. The number of H-pyrrole nitrogens is 1. The van der Waals surface area contributed by atoms with Crippen molar-refractivity contribution in [3.63, 3.8) is 0 Å². The average Bonchev–Trinajstić information content (AvgIpc) is 3.37. The second-order valence-corrected chi connectivity index (χ2v) is 6.30. The molecule has 0 saturated carbocycles. The van der Waals surface area contributed by atoms with E-state index in [9.17, 15) is 0 Å². The summed E-state index contributed by atoms with van der Waals surface area (Å²) in [5.41, 5.74) is 1.01. The van der Waals surface area contributed by atoms with E-state index in [1.165, 1.54) is 0 Å². The number of hydrogen-bond donors (Lipinski definition) is 1. The third-order valence-corrected chi connectivity index (χ3v) is 4.52. The predicted molar refractivity (Wildman–Crippen MR) is 91.2 cm³/mol. The molecule has 1 aromatic carbocycles. The van der Waals surface area contributed by atoms with Crippen LogP contribution in [0.3, 0.4) is 0 Å². The molecule has 0 radical (unpaired) electrons. The number of aromatic amines is 1. The van der Waals surface area contributed by atoms with Crippen LogP contribution in [-0.2, 0) is 11.3 Å². The molecule has 1 aliphatic heterocycles. The Kier molecular flexibility index (Phi) is 4.53. The molecule has 2 atom stereocenters. The molecule has 0 amide bonds. The molecule has 1 aliphatic rings. The van der Waals surface area contributed by atoms with Gasteiger partial charge in [0.05, 0.1) is 18.3 Å². The molecule has 8 heteroatoms. The fourth-order valence-electron chi connectivity index (χ4n) is 3.31. The fraction of sp³-hybridized carbons (Fsp3) is 0.412. The number of rotatable bonds is 6. The summed E-state index contributed by atoms with van der Waals surface area (Å²) in [6.07, 6.45) is 4.22. The number of aromatic nitrogens is 6. The molecule has 4 rings (SSSR count). The highest BCUT2D eigenvalue weighted by Crippen LogP contribution is 2.29. The monoisotopic (exact) mass is 339 g/mol. The van der Waals surface area contributed by atoms with Gasteiger partial charge in [0.15, 0.2) is 0 Å². The lowest BCUT2D eigenvalue weighted by atomic mass is 10.0. The number of benzene rings is 1. The van der Waals surface area contributed by atoms with Crippen LogP contribution in [0.25, 0.3) is 5.69 Å². The van der Waals surface area contributed by atoms with E-state index in [4.69, 9.17) is 4.74 Å². The van der Waals surface area contributed by atoms with Gasteiger partial charge in [0, 0.05) is 19.1 Å². The van der Waals surface area contributed by atoms with Crippen molar-refractivity contribution >= 4 is 0 Å². The maximum Gasteiger partial charge on any atom is 0.146 e. The van der Waals surface area contributed by atoms with Crippen LogP contribution in [0.4, 0.5) is 0 Å². The van der Waals surface area contributed by atoms with Crippen molar-refractivity contribution in [1.82, 2.24) is 34.8 Å². The minimum atomic E-state index is 0.103. The minimum absolute atomic E-state index is 0.103. The summed E-state index contributed by atoms with van der Waals surface area (Å²) in [5.74, 6) is 2.07. The standard InChI is InChI=1S/C17H21N7O/c1-23(9-15-14(7-8-25-15)17-19-11-20-22-17)10-16-18-12-21-24(16)13-5-3-2-4-6-13/h2-6,11-12,14-15H,7-10H2,1H3,(H,19,20,22)/t14-,15-/m1/s1. The molecule has 0 spiro atoms. The second kappa shape index (κ2) is 7.12. The molecule has 0 aliphatic carbocycles. The summed E-state index contributed by atoms with van der Waals surface area (Å²) in [4.78, 5) is 10.9. The van der Waals surface area contributed by atoms with Gasteiger partial charge in [0.2, 0.25) is 0 Å². The first kappa shape index (κ1) is 15.9. The van der Waals surface area contributed by atoms with Crippen molar-refractivity contribution in [2.75, 3.05) is 20.2 Å². The first-order valence-electron chi connectivity index (χ1n) is 8.41. The van der Waals surface area contributed by atoms with Crippen LogP contribution in [-0.4, -0.2) is 61.1 Å². The summed E-state index contributed by atoms with van der Waals surface area (Å²) < 4.78 is 7.80. The van der Waals surface area contributed by atoms with E-state index in [1.54, 1.807) is 12.7 Å². The lowest BCUT2D eigenvalue weighted by Gasteiger charge is -2.23. The minimum Gasteiger partial charge on any atom is -0.376 e. The lowest BCUT2D eigenvalue weighted by Crippen LogP contribution is -2.32. The van der Waals surface area contributed by atoms with Gasteiger partial charge >= 0.3 is 0 Å². The van der Waals surface area contributed by atoms with E-state index in [-0.39, 0.29) is 12.0 Å². The highest BCUT2D eigenvalue weighted by molar-refractivity contribution is 5.30. The van der Waals surface area contributed by atoms with Crippen molar-refractivity contribution in [1.29, 1.82) is 0 Å². The van der Waals surface area contributed by atoms with E-state index in [2.05, 4.69) is 37.2 Å². The summed E-state index contributed by atoms with van der Waals surface area (Å²) in [7, 11) is 2.07. The van der Waals surface area contributed by atoms with Gasteiger partial charge < -0.3 is 4.74 Å². The topological polar surface area (TPSA) is 84.8 Å². The first-order valence-corrected chi connectivity index (χ1v) is 8.41. The third-order valence-electron chi connectivity index (χ3n) is 4.52. The summed E-state index contributed by atoms with van der Waals surface area (Å²) >= 11 is 0. The Balaban J connectivity index is 1.43. The quantitative estimate of drug-likeness (QED) is 0.730. The van der Waals surface area contributed by atoms with Crippen LogP contribution >= 0.6 is 0 Å². The number of ether oxygens (including phenoxy) is 1. The molecule has 1 saturated heterocycles. The fourth-order valence-corrected chi connectivity index (χ4v) is 3.31. The Bertz CT molecular complexity index is 786. The number of nitrogens with one attached hydrogen (secondary N) is 1. The summed E-state index contributed by atoms with van der Waals surface area (Å²) in [6.45, 7) is 2.25. The van der Waals surface area contributed by atoms with Gasteiger partial charge in [-0.15, -0.1) is 0 Å². The van der Waals surface area contributed by atoms with Gasteiger partial charge in [-0.1, -0.05) is 18.2 Å². The van der Waals surface area contributed by atoms with E-state index in [0.29, 0.717) is 6.54 Å². The molecule has 3 heterocycles. The smallest absolute Gasteiger partial charge is 0.146 e. The van der Waals surface area contributed by atoms with Crippen LogP contribution in [0, 0.1) is 0 Å². The SMILES string of the molecule is CN(Cc1ncnn1-c1ccccc1)C[C@H]1OCC[C@H]1c1ncn[nH]1. The molecule has 8 nitrogen and oxygen atoms in total. The molecule has 0 bridgehead atoms. The van der Waals surface area contributed by atoms with Gasteiger partial charge in [-0.25, -0.2) is 14.6 Å². The Labute approximate surface area is 145 Å². The largest absolute Gasteiger partial charge is 0.376 e. The van der Waals surface area contributed by atoms with Crippen molar-refractivity contribution in [2.45, 2.75) is 25.0 Å².